The molecule has 0 aliphatic carbocycles. The molecule has 0 unspecified atom stereocenters. The Hall–Kier alpha value is -4.64. The van der Waals surface area contributed by atoms with E-state index in [-0.39, 0.29) is 30.4 Å². The molecule has 1 N–H and O–H groups in total. The Balaban J connectivity index is 1.37. The third-order valence-corrected chi connectivity index (χ3v) is 6.07. The van der Waals surface area contributed by atoms with E-state index in [9.17, 15) is 14.9 Å². The predicted molar refractivity (Wildman–Crippen MR) is 150 cm³/mol. The Morgan fingerprint density at radius 1 is 1.13 bits per heavy atom. The molecule has 11 heteroatoms. The van der Waals surface area contributed by atoms with Crippen molar-refractivity contribution in [2.45, 2.75) is 20.5 Å². The van der Waals surface area contributed by atoms with E-state index in [1.165, 1.54) is 24.4 Å². The molecule has 4 rings (SSSR count). The molecule has 0 radical (unpaired) electrons. The lowest BCUT2D eigenvalue weighted by molar-refractivity contribution is -0.385. The second-order valence-electron chi connectivity index (χ2n) is 8.40. The van der Waals surface area contributed by atoms with Crippen LogP contribution in [0.5, 0.6) is 11.5 Å². The molecule has 0 atom stereocenters. The van der Waals surface area contributed by atoms with Crippen LogP contribution in [0, 0.1) is 24.0 Å². The first-order chi connectivity index (χ1) is 18.8. The minimum Gasteiger partial charge on any atom is -0.486 e. The molecule has 4 aromatic rings. The zero-order chi connectivity index (χ0) is 27.9. The number of nitrogens with zero attached hydrogens (tertiary/aromatic N) is 3. The van der Waals surface area contributed by atoms with Gasteiger partial charge >= 0.3 is 11.6 Å². The Morgan fingerprint density at radius 2 is 1.85 bits per heavy atom. The van der Waals surface area contributed by atoms with Gasteiger partial charge in [-0.1, -0.05) is 28.6 Å². The molecular formula is C28H25BrN4O6. The fourth-order valence-electron chi connectivity index (χ4n) is 3.85. The number of aryl methyl sites for hydroxylation is 2. The van der Waals surface area contributed by atoms with Gasteiger partial charge in [-0.25, -0.2) is 5.43 Å². The molecule has 2 heterocycles. The van der Waals surface area contributed by atoms with E-state index in [1.54, 1.807) is 12.1 Å². The lowest BCUT2D eigenvalue weighted by Gasteiger charge is -2.10. The van der Waals surface area contributed by atoms with Gasteiger partial charge in [-0.15, -0.1) is 0 Å². The van der Waals surface area contributed by atoms with Crippen molar-refractivity contribution in [3.8, 4) is 17.2 Å². The summed E-state index contributed by atoms with van der Waals surface area (Å²) in [6, 6.07) is 17.9. The van der Waals surface area contributed by atoms with Crippen LogP contribution in [0.4, 0.5) is 5.69 Å². The zero-order valence-electron chi connectivity index (χ0n) is 21.2. The Morgan fingerprint density at radius 3 is 2.51 bits per heavy atom. The van der Waals surface area contributed by atoms with Gasteiger partial charge in [0.2, 0.25) is 5.75 Å². The maximum absolute atomic E-state index is 12.5. The van der Waals surface area contributed by atoms with Crippen molar-refractivity contribution in [3.63, 3.8) is 0 Å². The summed E-state index contributed by atoms with van der Waals surface area (Å²) >= 11 is 3.24. The number of carbonyl (C=O) groups excluding carboxylic acids is 1. The molecule has 0 spiro atoms. The third kappa shape index (κ3) is 6.63. The maximum atomic E-state index is 12.5. The van der Waals surface area contributed by atoms with Crippen molar-refractivity contribution in [3.05, 3.63) is 116 Å². The molecule has 2 aromatic carbocycles. The highest BCUT2D eigenvalue weighted by Crippen LogP contribution is 2.34. The lowest BCUT2D eigenvalue weighted by atomic mass is 10.2. The van der Waals surface area contributed by atoms with E-state index in [0.29, 0.717) is 21.5 Å². The van der Waals surface area contributed by atoms with Crippen molar-refractivity contribution in [1.82, 2.24) is 9.99 Å². The van der Waals surface area contributed by atoms with Crippen LogP contribution in [0.3, 0.4) is 0 Å². The van der Waals surface area contributed by atoms with Crippen LogP contribution < -0.4 is 14.9 Å². The van der Waals surface area contributed by atoms with Crippen molar-refractivity contribution >= 4 is 33.7 Å². The van der Waals surface area contributed by atoms with Gasteiger partial charge in [0.1, 0.15) is 24.7 Å². The largest absolute Gasteiger partial charge is 0.486 e. The standard InChI is InChI=1S/C28H25BrN4O6/c1-4-13-37-27-20(14-21(29)15-25(27)33(35)36)16-30-31-28(34)26-12-11-24(39-26)17-38-23-9-7-22(8-10-23)32-18(2)5-6-19(32)3/h4-12,14-16H,1,13,17H2,2-3H3,(H,31,34)/b30-16+. The van der Waals surface area contributed by atoms with Gasteiger partial charge in [0.15, 0.2) is 5.76 Å². The number of halogens is 1. The Bertz CT molecular complexity index is 1520. The summed E-state index contributed by atoms with van der Waals surface area (Å²) in [7, 11) is 0. The van der Waals surface area contributed by atoms with Gasteiger partial charge < -0.3 is 18.5 Å². The smallest absolute Gasteiger partial charge is 0.312 e. The number of hydrogen-bond donors (Lipinski definition) is 1. The minimum atomic E-state index is -0.600. The van der Waals surface area contributed by atoms with Crippen molar-refractivity contribution in [2.24, 2.45) is 5.10 Å². The zero-order valence-corrected chi connectivity index (χ0v) is 22.8. The number of carbonyl (C=O) groups is 1. The van der Waals surface area contributed by atoms with E-state index < -0.39 is 10.8 Å². The van der Waals surface area contributed by atoms with Crippen LogP contribution in [0.2, 0.25) is 0 Å². The topological polar surface area (TPSA) is 121 Å². The number of ether oxygens (including phenoxy) is 2. The summed E-state index contributed by atoms with van der Waals surface area (Å²) in [6.45, 7) is 7.84. The molecule has 0 fully saturated rings. The van der Waals surface area contributed by atoms with Crippen LogP contribution in [0.25, 0.3) is 5.69 Å². The van der Waals surface area contributed by atoms with Gasteiger partial charge in [-0.2, -0.15) is 5.10 Å². The van der Waals surface area contributed by atoms with Crippen molar-refractivity contribution in [2.75, 3.05) is 6.61 Å². The average molecular weight is 593 g/mol. The molecular weight excluding hydrogens is 568 g/mol. The van der Waals surface area contributed by atoms with Crippen molar-refractivity contribution < 1.29 is 23.6 Å². The Kier molecular flexibility index (Phi) is 8.62. The summed E-state index contributed by atoms with van der Waals surface area (Å²) in [5, 5.41) is 15.3. The number of nitrogens with one attached hydrogen (secondary N) is 1. The minimum absolute atomic E-state index is 0.00481. The summed E-state index contributed by atoms with van der Waals surface area (Å²) in [5.74, 6) is 0.546. The third-order valence-electron chi connectivity index (χ3n) is 5.61. The molecule has 0 saturated heterocycles. The lowest BCUT2D eigenvalue weighted by Crippen LogP contribution is -2.17. The number of hydrazone groups is 1. The van der Waals surface area contributed by atoms with E-state index in [1.807, 2.05) is 24.3 Å². The predicted octanol–water partition coefficient (Wildman–Crippen LogP) is 6.27. The number of nitro groups is 1. The van der Waals surface area contributed by atoms with Gasteiger partial charge in [0.25, 0.3) is 0 Å². The summed E-state index contributed by atoms with van der Waals surface area (Å²) in [4.78, 5) is 23.4. The van der Waals surface area contributed by atoms with E-state index in [0.717, 1.165) is 17.1 Å². The molecule has 0 aliphatic rings. The summed E-state index contributed by atoms with van der Waals surface area (Å²) in [5.41, 5.74) is 5.72. The number of hydrogen-bond acceptors (Lipinski definition) is 7. The molecule has 2 aromatic heterocycles. The number of rotatable bonds is 11. The highest BCUT2D eigenvalue weighted by Gasteiger charge is 2.20. The van der Waals surface area contributed by atoms with Crippen LogP contribution in [0.15, 0.2) is 87.3 Å². The van der Waals surface area contributed by atoms with Gasteiger partial charge in [0, 0.05) is 33.2 Å². The maximum Gasteiger partial charge on any atom is 0.312 e. The number of benzene rings is 2. The number of aromatic nitrogens is 1. The number of amides is 1. The summed E-state index contributed by atoms with van der Waals surface area (Å²) in [6.07, 6.45) is 2.72. The molecule has 200 valence electrons. The van der Waals surface area contributed by atoms with Crippen molar-refractivity contribution in [1.29, 1.82) is 0 Å². The first-order valence-electron chi connectivity index (χ1n) is 11.8. The highest BCUT2D eigenvalue weighted by atomic mass is 79.9. The second-order valence-corrected chi connectivity index (χ2v) is 9.31. The number of furan rings is 1. The van der Waals surface area contributed by atoms with Crippen LogP contribution in [0.1, 0.15) is 33.3 Å². The van der Waals surface area contributed by atoms with Gasteiger partial charge in [-0.3, -0.25) is 14.9 Å². The van der Waals surface area contributed by atoms with Gasteiger partial charge in [0.05, 0.1) is 11.1 Å². The van der Waals surface area contributed by atoms with Gasteiger partial charge in [-0.05, 0) is 68.4 Å². The van der Waals surface area contributed by atoms with Crippen LogP contribution in [-0.2, 0) is 6.61 Å². The first-order valence-corrected chi connectivity index (χ1v) is 12.6. The monoisotopic (exact) mass is 592 g/mol. The molecule has 0 bridgehead atoms. The molecule has 0 saturated carbocycles. The van der Waals surface area contributed by atoms with Crippen LogP contribution in [-0.4, -0.2) is 28.2 Å². The highest BCUT2D eigenvalue weighted by molar-refractivity contribution is 9.10. The van der Waals surface area contributed by atoms with E-state index >= 15 is 0 Å². The van der Waals surface area contributed by atoms with Crippen LogP contribution >= 0.6 is 15.9 Å². The molecule has 1 amide bonds. The molecule has 10 nitrogen and oxygen atoms in total. The van der Waals surface area contributed by atoms with E-state index in [2.05, 4.69) is 63.6 Å². The fraction of sp³-hybridized carbons (Fsp3) is 0.143. The summed E-state index contributed by atoms with van der Waals surface area (Å²) < 4.78 is 19.4. The van der Waals surface area contributed by atoms with E-state index in [4.69, 9.17) is 13.9 Å². The molecule has 39 heavy (non-hydrogen) atoms. The molecule has 0 aliphatic heterocycles. The second kappa shape index (κ2) is 12.3. The number of nitro benzene ring substituents is 1. The first kappa shape index (κ1) is 27.4. The Labute approximate surface area is 232 Å². The SMILES string of the molecule is C=CCOc1c(/C=N/NC(=O)c2ccc(COc3ccc(-n4c(C)ccc4C)cc3)o2)cc(Br)cc1[N+](=O)[O-]. The normalized spacial score (nSPS) is 10.9. The quantitative estimate of drug-likeness (QED) is 0.0948. The fourth-order valence-corrected chi connectivity index (χ4v) is 4.31. The average Bonchev–Trinajstić information content (AvgIpc) is 3.53.